The Kier molecular flexibility index (Phi) is 7.95. The predicted octanol–water partition coefficient (Wildman–Crippen LogP) is 4.22. The highest BCUT2D eigenvalue weighted by Crippen LogP contribution is 2.35. The molecular formula is C24H36N4O2S2. The number of nitrogens with zero attached hydrogens (tertiary/aromatic N) is 3. The summed E-state index contributed by atoms with van der Waals surface area (Å²) in [6.07, 6.45) is 11.1. The fourth-order valence-corrected chi connectivity index (χ4v) is 7.08. The summed E-state index contributed by atoms with van der Waals surface area (Å²) < 4.78 is 1.84. The maximum absolute atomic E-state index is 13.6. The van der Waals surface area contributed by atoms with Crippen molar-refractivity contribution in [3.05, 3.63) is 20.8 Å². The van der Waals surface area contributed by atoms with Crippen molar-refractivity contribution in [2.75, 3.05) is 20.6 Å². The summed E-state index contributed by atoms with van der Waals surface area (Å²) in [7, 11) is 4.10. The van der Waals surface area contributed by atoms with Crippen LogP contribution in [-0.2, 0) is 24.2 Å². The lowest BCUT2D eigenvalue weighted by Crippen LogP contribution is -2.40. The molecule has 2 aromatic rings. The van der Waals surface area contributed by atoms with Crippen LogP contribution < -0.4 is 10.9 Å². The van der Waals surface area contributed by atoms with E-state index in [9.17, 15) is 9.59 Å². The molecular weight excluding hydrogens is 440 g/mol. The molecule has 176 valence electrons. The van der Waals surface area contributed by atoms with Crippen LogP contribution in [0.5, 0.6) is 0 Å². The number of hydrogen-bond acceptors (Lipinski definition) is 6. The lowest BCUT2D eigenvalue weighted by Gasteiger charge is -2.24. The number of aromatic nitrogens is 2. The van der Waals surface area contributed by atoms with Crippen LogP contribution in [0.1, 0.15) is 68.7 Å². The quantitative estimate of drug-likeness (QED) is 0.456. The first-order valence-electron chi connectivity index (χ1n) is 12.1. The zero-order chi connectivity index (χ0) is 22.7. The van der Waals surface area contributed by atoms with Gasteiger partial charge in [0.15, 0.2) is 5.16 Å². The van der Waals surface area contributed by atoms with Crippen molar-refractivity contribution in [1.82, 2.24) is 19.8 Å². The zero-order valence-electron chi connectivity index (χ0n) is 19.6. The van der Waals surface area contributed by atoms with E-state index in [2.05, 4.69) is 10.2 Å². The van der Waals surface area contributed by atoms with Crippen molar-refractivity contribution in [2.45, 2.75) is 94.1 Å². The van der Waals surface area contributed by atoms with Crippen LogP contribution in [0.25, 0.3) is 10.2 Å². The Morgan fingerprint density at radius 2 is 1.97 bits per heavy atom. The number of amides is 1. The molecule has 0 aliphatic heterocycles. The van der Waals surface area contributed by atoms with E-state index in [1.165, 1.54) is 47.9 Å². The molecule has 2 aliphatic carbocycles. The molecule has 32 heavy (non-hydrogen) atoms. The van der Waals surface area contributed by atoms with E-state index in [1.54, 1.807) is 11.3 Å². The number of carbonyl (C=O) groups excluding carboxylic acids is 1. The zero-order valence-corrected chi connectivity index (χ0v) is 21.2. The van der Waals surface area contributed by atoms with E-state index in [-0.39, 0.29) is 16.7 Å². The first-order chi connectivity index (χ1) is 15.4. The fourth-order valence-electron chi connectivity index (χ4n) is 4.83. The highest BCUT2D eigenvalue weighted by molar-refractivity contribution is 8.00. The van der Waals surface area contributed by atoms with Crippen molar-refractivity contribution in [3.8, 4) is 0 Å². The highest BCUT2D eigenvalue weighted by Gasteiger charge is 2.25. The lowest BCUT2D eigenvalue weighted by molar-refractivity contribution is -0.121. The minimum absolute atomic E-state index is 0.0570. The van der Waals surface area contributed by atoms with Crippen molar-refractivity contribution < 1.29 is 4.79 Å². The molecule has 1 saturated carbocycles. The Morgan fingerprint density at radius 1 is 1.22 bits per heavy atom. The van der Waals surface area contributed by atoms with Crippen molar-refractivity contribution in [1.29, 1.82) is 0 Å². The summed E-state index contributed by atoms with van der Waals surface area (Å²) in [5.74, 6) is 0.0570. The topological polar surface area (TPSA) is 67.2 Å². The Morgan fingerprint density at radius 3 is 2.72 bits per heavy atom. The fraction of sp³-hybridized carbons (Fsp3) is 0.708. The summed E-state index contributed by atoms with van der Waals surface area (Å²) in [4.78, 5) is 35.8. The smallest absolute Gasteiger partial charge is 0.263 e. The van der Waals surface area contributed by atoms with Gasteiger partial charge in [0.2, 0.25) is 5.91 Å². The van der Waals surface area contributed by atoms with Crippen LogP contribution >= 0.6 is 23.1 Å². The molecule has 2 aliphatic rings. The molecule has 0 radical (unpaired) electrons. The van der Waals surface area contributed by atoms with Gasteiger partial charge in [-0.3, -0.25) is 14.2 Å². The van der Waals surface area contributed by atoms with Gasteiger partial charge in [-0.2, -0.15) is 0 Å². The van der Waals surface area contributed by atoms with Gasteiger partial charge in [0.1, 0.15) is 4.83 Å². The lowest BCUT2D eigenvalue weighted by atomic mass is 9.95. The largest absolute Gasteiger partial charge is 0.352 e. The van der Waals surface area contributed by atoms with E-state index in [0.29, 0.717) is 17.7 Å². The summed E-state index contributed by atoms with van der Waals surface area (Å²) in [5.41, 5.74) is 1.31. The first-order valence-corrected chi connectivity index (χ1v) is 13.8. The number of thioether (sulfide) groups is 1. The molecule has 4 rings (SSSR count). The molecule has 1 unspecified atom stereocenters. The number of rotatable bonds is 8. The summed E-state index contributed by atoms with van der Waals surface area (Å²) in [6, 6.07) is 0.293. The van der Waals surface area contributed by atoms with Crippen LogP contribution in [0.3, 0.4) is 0 Å². The van der Waals surface area contributed by atoms with Gasteiger partial charge >= 0.3 is 0 Å². The second-order valence-electron chi connectivity index (χ2n) is 9.50. The number of nitrogens with one attached hydrogen (secondary N) is 1. The van der Waals surface area contributed by atoms with Crippen molar-refractivity contribution >= 4 is 39.2 Å². The average Bonchev–Trinajstić information content (AvgIpc) is 3.14. The number of aryl methyl sites for hydroxylation is 2. The summed E-state index contributed by atoms with van der Waals surface area (Å²) in [6.45, 7) is 3.47. The van der Waals surface area contributed by atoms with E-state index in [4.69, 9.17) is 4.98 Å². The minimum Gasteiger partial charge on any atom is -0.352 e. The third-order valence-corrected chi connectivity index (χ3v) is 8.91. The third-order valence-electron chi connectivity index (χ3n) is 6.63. The normalized spacial score (nSPS) is 18.1. The number of carbonyl (C=O) groups is 1. The number of thiophene rings is 1. The van der Waals surface area contributed by atoms with Crippen LogP contribution in [0, 0.1) is 0 Å². The monoisotopic (exact) mass is 476 g/mol. The minimum atomic E-state index is -0.282. The third kappa shape index (κ3) is 5.39. The molecule has 1 N–H and O–H groups in total. The van der Waals surface area contributed by atoms with Gasteiger partial charge in [0, 0.05) is 17.5 Å². The molecule has 0 aromatic carbocycles. The van der Waals surface area contributed by atoms with E-state index < -0.39 is 0 Å². The van der Waals surface area contributed by atoms with Gasteiger partial charge in [-0.25, -0.2) is 4.98 Å². The Labute approximate surface area is 199 Å². The first kappa shape index (κ1) is 23.8. The second kappa shape index (κ2) is 10.7. The van der Waals surface area contributed by atoms with Gasteiger partial charge in [0.05, 0.1) is 10.6 Å². The molecule has 0 bridgehead atoms. The van der Waals surface area contributed by atoms with E-state index in [1.807, 2.05) is 25.6 Å². The molecule has 0 spiro atoms. The highest BCUT2D eigenvalue weighted by atomic mass is 32.2. The standard InChI is InChI=1S/C24H36N4O2S2/c1-16(21(29)25-17-10-5-4-6-11-17)31-24-26-22-20(18-12-7-8-13-19(18)32-22)23(30)28(24)15-9-14-27(2)3/h16-17H,4-15H2,1-3H3,(H,25,29). The summed E-state index contributed by atoms with van der Waals surface area (Å²) in [5, 5.41) is 4.47. The molecule has 1 atom stereocenters. The Bertz CT molecular complexity index is 1010. The molecule has 2 heterocycles. The van der Waals surface area contributed by atoms with Gasteiger partial charge in [-0.05, 0) is 78.1 Å². The van der Waals surface area contributed by atoms with Crippen molar-refractivity contribution in [2.24, 2.45) is 0 Å². The molecule has 6 nitrogen and oxygen atoms in total. The van der Waals surface area contributed by atoms with Gasteiger partial charge in [0.25, 0.3) is 5.56 Å². The van der Waals surface area contributed by atoms with Crippen LogP contribution in [0.4, 0.5) is 0 Å². The predicted molar refractivity (Wildman–Crippen MR) is 134 cm³/mol. The van der Waals surface area contributed by atoms with Gasteiger partial charge < -0.3 is 10.2 Å². The molecule has 0 saturated heterocycles. The van der Waals surface area contributed by atoms with Crippen molar-refractivity contribution in [3.63, 3.8) is 0 Å². The van der Waals surface area contributed by atoms with Crippen LogP contribution in [-0.4, -0.2) is 52.3 Å². The van der Waals surface area contributed by atoms with Gasteiger partial charge in [-0.1, -0.05) is 31.0 Å². The van der Waals surface area contributed by atoms with Crippen LogP contribution in [0.2, 0.25) is 0 Å². The SMILES string of the molecule is CC(Sc1nc2sc3c(c2c(=O)n1CCCN(C)C)CCCC3)C(=O)NC1CCCCC1. The maximum atomic E-state index is 13.6. The second-order valence-corrected chi connectivity index (χ2v) is 11.9. The Balaban J connectivity index is 1.60. The number of hydrogen-bond donors (Lipinski definition) is 1. The molecule has 1 amide bonds. The molecule has 2 aromatic heterocycles. The molecule has 1 fully saturated rings. The molecule has 8 heteroatoms. The Hall–Kier alpha value is -1.38. The maximum Gasteiger partial charge on any atom is 0.263 e. The van der Waals surface area contributed by atoms with Crippen LogP contribution in [0.15, 0.2) is 9.95 Å². The van der Waals surface area contributed by atoms with E-state index in [0.717, 1.165) is 55.3 Å². The summed E-state index contributed by atoms with van der Waals surface area (Å²) >= 11 is 3.12. The van der Waals surface area contributed by atoms with Gasteiger partial charge in [-0.15, -0.1) is 11.3 Å². The average molecular weight is 477 g/mol. The van der Waals surface area contributed by atoms with E-state index >= 15 is 0 Å². The number of fused-ring (bicyclic) bond motifs is 3.